The van der Waals surface area contributed by atoms with E-state index in [2.05, 4.69) is 50.3 Å². The van der Waals surface area contributed by atoms with Crippen molar-refractivity contribution in [2.75, 3.05) is 6.61 Å². The largest absolute Gasteiger partial charge is 0.481 e. The minimum atomic E-state index is 0.152. The summed E-state index contributed by atoms with van der Waals surface area (Å²) in [6, 6.07) is 8.58. The van der Waals surface area contributed by atoms with E-state index in [0.29, 0.717) is 12.6 Å². The summed E-state index contributed by atoms with van der Waals surface area (Å²) in [4.78, 5) is 0. The highest BCUT2D eigenvalue weighted by Gasteiger charge is 2.37. The Bertz CT molecular complexity index is 527. The predicted octanol–water partition coefficient (Wildman–Crippen LogP) is 3.10. The third-order valence-corrected chi connectivity index (χ3v) is 4.05. The van der Waals surface area contributed by atoms with E-state index >= 15 is 0 Å². The monoisotopic (exact) mass is 300 g/mol. The minimum absolute atomic E-state index is 0.152. The fourth-order valence-corrected chi connectivity index (χ4v) is 3.63. The van der Waals surface area contributed by atoms with Crippen molar-refractivity contribution in [1.82, 2.24) is 10.6 Å². The predicted molar refractivity (Wildman–Crippen MR) is 91.9 cm³/mol. The van der Waals surface area contributed by atoms with E-state index < -0.39 is 0 Å². The molecule has 0 amide bonds. The second kappa shape index (κ2) is 6.73. The summed E-state index contributed by atoms with van der Waals surface area (Å²) in [5.74, 6) is 3.39. The van der Waals surface area contributed by atoms with Gasteiger partial charge in [0.25, 0.3) is 0 Å². The molecule has 0 unspecified atom stereocenters. The number of terminal acetylenes is 1. The van der Waals surface area contributed by atoms with Gasteiger partial charge in [0.05, 0.1) is 0 Å². The second-order valence-corrected chi connectivity index (χ2v) is 7.48. The molecule has 0 bridgehead atoms. The smallest absolute Gasteiger partial charge is 0.148 e. The maximum Gasteiger partial charge on any atom is 0.148 e. The molecule has 0 atom stereocenters. The summed E-state index contributed by atoms with van der Waals surface area (Å²) in [5, 5.41) is 7.41. The van der Waals surface area contributed by atoms with Crippen molar-refractivity contribution < 1.29 is 4.74 Å². The van der Waals surface area contributed by atoms with Gasteiger partial charge in [-0.15, -0.1) is 6.42 Å². The van der Waals surface area contributed by atoms with Gasteiger partial charge in [-0.3, -0.25) is 0 Å². The van der Waals surface area contributed by atoms with Gasteiger partial charge in [0, 0.05) is 29.2 Å². The van der Waals surface area contributed by atoms with Crippen molar-refractivity contribution in [2.24, 2.45) is 0 Å². The summed E-state index contributed by atoms with van der Waals surface area (Å²) in [5.41, 5.74) is 1.46. The molecule has 1 aliphatic rings. The zero-order chi connectivity index (χ0) is 16.2. The van der Waals surface area contributed by atoms with Crippen molar-refractivity contribution in [3.05, 3.63) is 29.8 Å². The van der Waals surface area contributed by atoms with Crippen LogP contribution in [0.4, 0.5) is 0 Å². The molecule has 0 aromatic heterocycles. The standard InChI is InChI=1S/C19H28N2O/c1-6-11-22-17-10-8-7-9-15(17)14-20-16-12-18(2,3)21-19(4,5)13-16/h1,7-10,16,20-21H,11-14H2,2-5H3. The number of hydrogen-bond acceptors (Lipinski definition) is 3. The lowest BCUT2D eigenvalue weighted by Crippen LogP contribution is -2.61. The molecule has 0 saturated carbocycles. The first-order valence-corrected chi connectivity index (χ1v) is 7.98. The van der Waals surface area contributed by atoms with Gasteiger partial charge in [-0.2, -0.15) is 0 Å². The highest BCUT2D eigenvalue weighted by molar-refractivity contribution is 5.33. The SMILES string of the molecule is C#CCOc1ccccc1CNC1CC(C)(C)NC(C)(C)C1. The minimum Gasteiger partial charge on any atom is -0.481 e. The van der Waals surface area contributed by atoms with Crippen LogP contribution < -0.4 is 15.4 Å². The Kier molecular flexibility index (Phi) is 5.16. The van der Waals surface area contributed by atoms with E-state index in [1.165, 1.54) is 0 Å². The third-order valence-electron chi connectivity index (χ3n) is 4.05. The Balaban J connectivity index is 1.99. The van der Waals surface area contributed by atoms with Crippen LogP contribution in [0, 0.1) is 12.3 Å². The molecule has 1 aromatic rings. The molecule has 1 aromatic carbocycles. The van der Waals surface area contributed by atoms with Crippen LogP contribution in [0.3, 0.4) is 0 Å². The van der Waals surface area contributed by atoms with E-state index in [1.54, 1.807) is 0 Å². The Morgan fingerprint density at radius 2 is 1.86 bits per heavy atom. The molecule has 0 spiro atoms. The van der Waals surface area contributed by atoms with Crippen LogP contribution in [0.5, 0.6) is 5.75 Å². The Hall–Kier alpha value is -1.50. The first-order chi connectivity index (χ1) is 10.3. The van der Waals surface area contributed by atoms with Gasteiger partial charge in [-0.25, -0.2) is 0 Å². The maximum absolute atomic E-state index is 5.62. The molecular weight excluding hydrogens is 272 g/mol. The van der Waals surface area contributed by atoms with Crippen molar-refractivity contribution >= 4 is 0 Å². The number of ether oxygens (including phenoxy) is 1. The average molecular weight is 300 g/mol. The molecule has 1 heterocycles. The molecule has 0 radical (unpaired) electrons. The topological polar surface area (TPSA) is 33.3 Å². The normalized spacial score (nSPS) is 20.3. The van der Waals surface area contributed by atoms with Crippen molar-refractivity contribution in [3.63, 3.8) is 0 Å². The van der Waals surface area contributed by atoms with Gasteiger partial charge in [-0.05, 0) is 46.6 Å². The van der Waals surface area contributed by atoms with Crippen molar-refractivity contribution in [1.29, 1.82) is 0 Å². The number of piperidine rings is 1. The summed E-state index contributed by atoms with van der Waals surface area (Å²) >= 11 is 0. The Labute approximate surface area is 134 Å². The summed E-state index contributed by atoms with van der Waals surface area (Å²) in [7, 11) is 0. The van der Waals surface area contributed by atoms with Crippen LogP contribution >= 0.6 is 0 Å². The number of benzene rings is 1. The van der Waals surface area contributed by atoms with E-state index in [0.717, 1.165) is 30.7 Å². The first-order valence-electron chi connectivity index (χ1n) is 7.98. The molecule has 2 N–H and O–H groups in total. The van der Waals surface area contributed by atoms with Gasteiger partial charge >= 0.3 is 0 Å². The molecule has 1 fully saturated rings. The lowest BCUT2D eigenvalue weighted by Gasteiger charge is -2.46. The van der Waals surface area contributed by atoms with Gasteiger partial charge in [0.2, 0.25) is 0 Å². The van der Waals surface area contributed by atoms with Crippen LogP contribution in [0.25, 0.3) is 0 Å². The molecule has 22 heavy (non-hydrogen) atoms. The molecule has 120 valence electrons. The zero-order valence-corrected chi connectivity index (χ0v) is 14.2. The maximum atomic E-state index is 5.62. The Morgan fingerprint density at radius 1 is 1.23 bits per heavy atom. The molecule has 1 aliphatic heterocycles. The van der Waals surface area contributed by atoms with Crippen LogP contribution in [0.2, 0.25) is 0 Å². The zero-order valence-electron chi connectivity index (χ0n) is 14.2. The summed E-state index contributed by atoms with van der Waals surface area (Å²) in [6.07, 6.45) is 7.51. The van der Waals surface area contributed by atoms with Crippen molar-refractivity contribution in [3.8, 4) is 18.1 Å². The van der Waals surface area contributed by atoms with E-state index in [-0.39, 0.29) is 11.1 Å². The molecule has 0 aliphatic carbocycles. The van der Waals surface area contributed by atoms with E-state index in [4.69, 9.17) is 11.2 Å². The van der Waals surface area contributed by atoms with Crippen LogP contribution in [-0.2, 0) is 6.54 Å². The number of hydrogen-bond donors (Lipinski definition) is 2. The molecule has 3 nitrogen and oxygen atoms in total. The second-order valence-electron chi connectivity index (χ2n) is 7.48. The molecule has 2 rings (SSSR count). The molecule has 1 saturated heterocycles. The first kappa shape index (κ1) is 16.9. The van der Waals surface area contributed by atoms with Crippen LogP contribution in [0.1, 0.15) is 46.1 Å². The summed E-state index contributed by atoms with van der Waals surface area (Å²) < 4.78 is 5.62. The highest BCUT2D eigenvalue weighted by Crippen LogP contribution is 2.29. The lowest BCUT2D eigenvalue weighted by molar-refractivity contribution is 0.145. The quantitative estimate of drug-likeness (QED) is 0.820. The average Bonchev–Trinajstić information content (AvgIpc) is 2.40. The van der Waals surface area contributed by atoms with Gasteiger partial charge < -0.3 is 15.4 Å². The van der Waals surface area contributed by atoms with Crippen LogP contribution in [-0.4, -0.2) is 23.7 Å². The summed E-state index contributed by atoms with van der Waals surface area (Å²) in [6.45, 7) is 10.2. The van der Waals surface area contributed by atoms with Gasteiger partial charge in [0.1, 0.15) is 12.4 Å². The van der Waals surface area contributed by atoms with E-state index in [1.807, 2.05) is 18.2 Å². The fourth-order valence-electron chi connectivity index (χ4n) is 3.63. The highest BCUT2D eigenvalue weighted by atomic mass is 16.5. The van der Waals surface area contributed by atoms with Gasteiger partial charge in [-0.1, -0.05) is 24.1 Å². The van der Waals surface area contributed by atoms with Crippen molar-refractivity contribution in [2.45, 2.75) is 64.2 Å². The van der Waals surface area contributed by atoms with Gasteiger partial charge in [0.15, 0.2) is 0 Å². The Morgan fingerprint density at radius 3 is 2.50 bits per heavy atom. The third kappa shape index (κ3) is 4.76. The molecular formula is C19H28N2O. The van der Waals surface area contributed by atoms with Crippen LogP contribution in [0.15, 0.2) is 24.3 Å². The number of rotatable bonds is 5. The molecule has 3 heteroatoms. The lowest BCUT2D eigenvalue weighted by atomic mass is 9.79. The fraction of sp³-hybridized carbons (Fsp3) is 0.579. The number of para-hydroxylation sites is 1. The number of nitrogens with one attached hydrogen (secondary N) is 2. The van der Waals surface area contributed by atoms with E-state index in [9.17, 15) is 0 Å².